The summed E-state index contributed by atoms with van der Waals surface area (Å²) in [5, 5.41) is 5.11. The van der Waals surface area contributed by atoms with Crippen LogP contribution in [-0.4, -0.2) is 27.2 Å². The van der Waals surface area contributed by atoms with Gasteiger partial charge in [0, 0.05) is 25.1 Å². The first kappa shape index (κ1) is 13.6. The van der Waals surface area contributed by atoms with Gasteiger partial charge in [-0.25, -0.2) is 4.98 Å². The van der Waals surface area contributed by atoms with Crippen LogP contribution in [0.15, 0.2) is 28.9 Å². The highest BCUT2D eigenvalue weighted by Crippen LogP contribution is 2.17. The molecule has 0 amide bonds. The summed E-state index contributed by atoms with van der Waals surface area (Å²) in [6.45, 7) is 4.82. The Morgan fingerprint density at radius 3 is 2.90 bits per heavy atom. The number of hydrogen-bond donors (Lipinski definition) is 1. The largest absolute Gasteiger partial charge is 0.350 e. The van der Waals surface area contributed by atoms with E-state index in [-0.39, 0.29) is 0 Å². The number of rotatable bonds is 5. The second-order valence-corrected chi connectivity index (χ2v) is 5.64. The molecule has 3 rings (SSSR count). The monoisotopic (exact) mass is 285 g/mol. The van der Waals surface area contributed by atoms with Crippen molar-refractivity contribution in [1.82, 2.24) is 20.1 Å². The lowest BCUT2D eigenvalue weighted by molar-refractivity contribution is 0.370. The molecule has 0 saturated carbocycles. The van der Waals surface area contributed by atoms with E-state index in [1.54, 1.807) is 0 Å². The van der Waals surface area contributed by atoms with Gasteiger partial charge in [0.2, 0.25) is 5.89 Å². The number of hydrogen-bond acceptors (Lipinski definition) is 5. The van der Waals surface area contributed by atoms with Crippen molar-refractivity contribution >= 4 is 16.9 Å². The average molecular weight is 285 g/mol. The molecule has 0 aliphatic rings. The number of aromatic amines is 1. The molecule has 0 aromatic carbocycles. The molecule has 3 heterocycles. The van der Waals surface area contributed by atoms with Gasteiger partial charge >= 0.3 is 0 Å². The zero-order valence-corrected chi connectivity index (χ0v) is 12.5. The van der Waals surface area contributed by atoms with Crippen LogP contribution in [0.1, 0.15) is 25.6 Å². The van der Waals surface area contributed by atoms with Crippen LogP contribution in [0.2, 0.25) is 0 Å². The molecule has 110 valence electrons. The predicted octanol–water partition coefficient (Wildman–Crippen LogP) is 2.78. The summed E-state index contributed by atoms with van der Waals surface area (Å²) in [7, 11) is 1.96. The molecular formula is C15H19N5O. The van der Waals surface area contributed by atoms with Gasteiger partial charge in [-0.05, 0) is 24.1 Å². The molecule has 0 atom stereocenters. The fourth-order valence-corrected chi connectivity index (χ4v) is 2.22. The van der Waals surface area contributed by atoms with E-state index in [1.165, 1.54) is 0 Å². The van der Waals surface area contributed by atoms with Gasteiger partial charge in [-0.2, -0.15) is 4.98 Å². The SMILES string of the molecule is CC(C)Cc1noc(CN(C)c2ccc3cc[nH]c3n2)n1. The normalized spacial score (nSPS) is 11.4. The van der Waals surface area contributed by atoms with E-state index < -0.39 is 0 Å². The van der Waals surface area contributed by atoms with Crippen molar-refractivity contribution in [3.05, 3.63) is 36.1 Å². The maximum absolute atomic E-state index is 5.29. The van der Waals surface area contributed by atoms with Crippen LogP contribution in [0.5, 0.6) is 0 Å². The quantitative estimate of drug-likeness (QED) is 0.780. The van der Waals surface area contributed by atoms with Crippen molar-refractivity contribution in [3.63, 3.8) is 0 Å². The maximum Gasteiger partial charge on any atom is 0.246 e. The van der Waals surface area contributed by atoms with Crippen molar-refractivity contribution in [2.24, 2.45) is 5.92 Å². The molecule has 0 bridgehead atoms. The Morgan fingerprint density at radius 1 is 1.24 bits per heavy atom. The van der Waals surface area contributed by atoms with Crippen LogP contribution < -0.4 is 4.90 Å². The number of fused-ring (bicyclic) bond motifs is 1. The molecule has 0 spiro atoms. The number of anilines is 1. The summed E-state index contributed by atoms with van der Waals surface area (Å²) in [4.78, 5) is 14.1. The van der Waals surface area contributed by atoms with E-state index in [1.807, 2.05) is 36.3 Å². The third-order valence-corrected chi connectivity index (χ3v) is 3.26. The smallest absolute Gasteiger partial charge is 0.246 e. The molecular weight excluding hydrogens is 266 g/mol. The first-order valence-electron chi connectivity index (χ1n) is 7.08. The van der Waals surface area contributed by atoms with Crippen molar-refractivity contribution in [1.29, 1.82) is 0 Å². The van der Waals surface area contributed by atoms with Crippen LogP contribution in [0, 0.1) is 5.92 Å². The minimum atomic E-state index is 0.519. The van der Waals surface area contributed by atoms with E-state index in [0.29, 0.717) is 18.4 Å². The van der Waals surface area contributed by atoms with Crippen LogP contribution in [-0.2, 0) is 13.0 Å². The van der Waals surface area contributed by atoms with Gasteiger partial charge in [0.15, 0.2) is 5.82 Å². The Labute approximate surface area is 123 Å². The molecule has 0 radical (unpaired) electrons. The van der Waals surface area contributed by atoms with Gasteiger partial charge in [0.1, 0.15) is 11.5 Å². The second-order valence-electron chi connectivity index (χ2n) is 5.64. The fraction of sp³-hybridized carbons (Fsp3) is 0.400. The zero-order chi connectivity index (χ0) is 14.8. The molecule has 3 aromatic heterocycles. The highest BCUT2D eigenvalue weighted by Gasteiger charge is 2.12. The van der Waals surface area contributed by atoms with E-state index in [2.05, 4.69) is 34.0 Å². The Morgan fingerprint density at radius 2 is 2.10 bits per heavy atom. The summed E-state index contributed by atoms with van der Waals surface area (Å²) in [5.74, 6) is 2.77. The van der Waals surface area contributed by atoms with Gasteiger partial charge in [0.05, 0.1) is 6.54 Å². The van der Waals surface area contributed by atoms with Gasteiger partial charge in [-0.3, -0.25) is 0 Å². The summed E-state index contributed by atoms with van der Waals surface area (Å²) < 4.78 is 5.29. The number of nitrogens with one attached hydrogen (secondary N) is 1. The molecule has 3 aromatic rings. The number of pyridine rings is 1. The summed E-state index contributed by atoms with van der Waals surface area (Å²) in [6, 6.07) is 6.03. The van der Waals surface area contributed by atoms with Gasteiger partial charge in [-0.15, -0.1) is 0 Å². The first-order valence-corrected chi connectivity index (χ1v) is 7.08. The molecule has 0 aliphatic carbocycles. The van der Waals surface area contributed by atoms with Crippen LogP contribution in [0.4, 0.5) is 5.82 Å². The summed E-state index contributed by atoms with van der Waals surface area (Å²) >= 11 is 0. The number of H-pyrrole nitrogens is 1. The van der Waals surface area contributed by atoms with E-state index >= 15 is 0 Å². The highest BCUT2D eigenvalue weighted by atomic mass is 16.5. The van der Waals surface area contributed by atoms with Crippen molar-refractivity contribution in [2.45, 2.75) is 26.8 Å². The van der Waals surface area contributed by atoms with Crippen molar-refractivity contribution < 1.29 is 4.52 Å². The van der Waals surface area contributed by atoms with Crippen LogP contribution in [0.25, 0.3) is 11.0 Å². The average Bonchev–Trinajstić information content (AvgIpc) is 3.06. The molecule has 0 aliphatic heterocycles. The lowest BCUT2D eigenvalue weighted by atomic mass is 10.1. The van der Waals surface area contributed by atoms with Crippen molar-refractivity contribution in [3.8, 4) is 0 Å². The lowest BCUT2D eigenvalue weighted by Gasteiger charge is -2.15. The van der Waals surface area contributed by atoms with E-state index in [0.717, 1.165) is 29.1 Å². The van der Waals surface area contributed by atoms with E-state index in [4.69, 9.17) is 4.52 Å². The van der Waals surface area contributed by atoms with Crippen LogP contribution in [0.3, 0.4) is 0 Å². The van der Waals surface area contributed by atoms with Gasteiger partial charge in [0.25, 0.3) is 0 Å². The molecule has 21 heavy (non-hydrogen) atoms. The van der Waals surface area contributed by atoms with E-state index in [9.17, 15) is 0 Å². The first-order chi connectivity index (χ1) is 10.1. The Balaban J connectivity index is 1.72. The molecule has 0 unspecified atom stereocenters. The predicted molar refractivity (Wildman–Crippen MR) is 81.0 cm³/mol. The van der Waals surface area contributed by atoms with Crippen molar-refractivity contribution in [2.75, 3.05) is 11.9 Å². The molecule has 6 heteroatoms. The number of aromatic nitrogens is 4. The molecule has 1 N–H and O–H groups in total. The minimum Gasteiger partial charge on any atom is -0.350 e. The standard InChI is InChI=1S/C15H19N5O/c1-10(2)8-12-17-14(21-19-12)9-20(3)13-5-4-11-6-7-16-15(11)18-13/h4-7,10H,8-9H2,1-3H3,(H,16,18). The third-order valence-electron chi connectivity index (χ3n) is 3.26. The highest BCUT2D eigenvalue weighted by molar-refractivity contribution is 5.77. The molecule has 0 fully saturated rings. The zero-order valence-electron chi connectivity index (χ0n) is 12.5. The Kier molecular flexibility index (Phi) is 3.60. The molecule has 6 nitrogen and oxygen atoms in total. The Hall–Kier alpha value is -2.37. The topological polar surface area (TPSA) is 70.8 Å². The maximum atomic E-state index is 5.29. The summed E-state index contributed by atoms with van der Waals surface area (Å²) in [5.41, 5.74) is 0.880. The third kappa shape index (κ3) is 3.04. The minimum absolute atomic E-state index is 0.519. The molecule has 0 saturated heterocycles. The fourth-order valence-electron chi connectivity index (χ4n) is 2.22. The van der Waals surface area contributed by atoms with Gasteiger partial charge < -0.3 is 14.4 Å². The summed E-state index contributed by atoms with van der Waals surface area (Å²) in [6.07, 6.45) is 2.72. The second kappa shape index (κ2) is 5.55. The number of nitrogens with zero attached hydrogens (tertiary/aromatic N) is 4. The van der Waals surface area contributed by atoms with Gasteiger partial charge in [-0.1, -0.05) is 19.0 Å². The Bertz CT molecular complexity index is 730. The van der Waals surface area contributed by atoms with Crippen LogP contribution >= 0.6 is 0 Å². The lowest BCUT2D eigenvalue weighted by Crippen LogP contribution is -2.17.